The Hall–Kier alpha value is -12.4. The van der Waals surface area contributed by atoms with E-state index in [-0.39, 0.29) is 125 Å². The lowest BCUT2D eigenvalue weighted by atomic mass is 9.98. The largest absolute Gasteiger partial charge is 0.497 e. The minimum Gasteiger partial charge on any atom is -0.497 e. The first-order chi connectivity index (χ1) is 58.8. The molecule has 6 atom stereocenters. The number of rotatable bonds is 18. The van der Waals surface area contributed by atoms with Gasteiger partial charge >= 0.3 is 0 Å². The highest BCUT2D eigenvalue weighted by molar-refractivity contribution is 6.34. The van der Waals surface area contributed by atoms with Gasteiger partial charge in [-0.05, 0) is 168 Å². The van der Waals surface area contributed by atoms with Gasteiger partial charge in [-0.15, -0.1) is 0 Å². The number of carbonyl (C=O) groups excluding carboxylic acids is 3. The van der Waals surface area contributed by atoms with Gasteiger partial charge in [-0.25, -0.2) is 46.3 Å². The second-order valence-electron chi connectivity index (χ2n) is 30.7. The summed E-state index contributed by atoms with van der Waals surface area (Å²) >= 11 is 6.32. The van der Waals surface area contributed by atoms with E-state index in [1.807, 2.05) is 73.2 Å². The number of carbonyl (C=O) groups is 3. The van der Waals surface area contributed by atoms with Crippen molar-refractivity contribution in [3.05, 3.63) is 272 Å². The van der Waals surface area contributed by atoms with Crippen LogP contribution >= 0.6 is 11.6 Å². The van der Waals surface area contributed by atoms with E-state index in [4.69, 9.17) is 55.5 Å². The summed E-state index contributed by atoms with van der Waals surface area (Å²) in [6, 6.07) is 39.7. The molecule has 634 valence electrons. The number of morpholine rings is 3. The van der Waals surface area contributed by atoms with Crippen LogP contribution in [0.1, 0.15) is 123 Å². The predicted octanol–water partition coefficient (Wildman–Crippen LogP) is 15.8. The van der Waals surface area contributed by atoms with Gasteiger partial charge in [0.1, 0.15) is 63.7 Å². The van der Waals surface area contributed by atoms with E-state index in [0.717, 1.165) is 64.9 Å². The molecule has 0 saturated carbocycles. The van der Waals surface area contributed by atoms with Gasteiger partial charge in [-0.3, -0.25) is 24.4 Å². The normalized spacial score (nSPS) is 18.3. The van der Waals surface area contributed by atoms with Crippen LogP contribution in [0.5, 0.6) is 23.0 Å². The van der Waals surface area contributed by atoms with E-state index in [0.29, 0.717) is 113 Å². The van der Waals surface area contributed by atoms with Crippen LogP contribution in [0.25, 0.3) is 33.8 Å². The van der Waals surface area contributed by atoms with Crippen molar-refractivity contribution in [1.29, 1.82) is 0 Å². The first-order valence-electron chi connectivity index (χ1n) is 39.9. The molecule has 3 amide bonds. The monoisotopic (exact) mass is 1690 g/mol. The van der Waals surface area contributed by atoms with Crippen molar-refractivity contribution in [2.75, 3.05) is 88.5 Å². The zero-order valence-corrected chi connectivity index (χ0v) is 69.7. The number of ether oxygens (including phenoxy) is 7. The first kappa shape index (κ1) is 86.0. The molecule has 6 aliphatic heterocycles. The van der Waals surface area contributed by atoms with Gasteiger partial charge in [0.25, 0.3) is 17.7 Å². The molecule has 6 aliphatic rings. The van der Waals surface area contributed by atoms with Gasteiger partial charge in [0.15, 0.2) is 0 Å². The summed E-state index contributed by atoms with van der Waals surface area (Å²) in [4.78, 5) is 76.2. The quantitative estimate of drug-likeness (QED) is 0.0758. The minimum atomic E-state index is -0.748. The summed E-state index contributed by atoms with van der Waals surface area (Å²) in [6.07, 6.45) is 6.11. The van der Waals surface area contributed by atoms with Crippen molar-refractivity contribution in [3.8, 4) is 56.8 Å². The molecule has 5 aromatic carbocycles. The van der Waals surface area contributed by atoms with E-state index in [2.05, 4.69) is 86.5 Å². The van der Waals surface area contributed by atoms with E-state index in [9.17, 15) is 40.7 Å². The van der Waals surface area contributed by atoms with E-state index in [1.54, 1.807) is 61.5 Å². The van der Waals surface area contributed by atoms with Crippen molar-refractivity contribution in [2.45, 2.75) is 123 Å². The number of hydrogen-bond acceptors (Lipinski definition) is 20. The van der Waals surface area contributed by atoms with Crippen LogP contribution in [0, 0.1) is 34.9 Å². The Morgan fingerprint density at radius 2 is 0.779 bits per heavy atom. The van der Waals surface area contributed by atoms with Crippen LogP contribution in [0.2, 0.25) is 5.02 Å². The Kier molecular flexibility index (Phi) is 26.6. The molecule has 0 aliphatic carbocycles. The maximum Gasteiger partial charge on any atom is 0.257 e. The number of pyridine rings is 6. The smallest absolute Gasteiger partial charge is 0.257 e. The third kappa shape index (κ3) is 18.6. The summed E-state index contributed by atoms with van der Waals surface area (Å²) in [5.41, 5.74) is 15.1. The number of amides is 3. The van der Waals surface area contributed by atoms with E-state index in [1.165, 1.54) is 55.6 Å². The maximum absolute atomic E-state index is 14.9. The molecule has 30 heteroatoms. The van der Waals surface area contributed by atoms with E-state index >= 15 is 0 Å². The molecule has 0 unspecified atom stereocenters. The molecular formula is C92H92ClF6N13O10. The third-order valence-electron chi connectivity index (χ3n) is 22.1. The van der Waals surface area contributed by atoms with Crippen molar-refractivity contribution >= 4 is 52.2 Å². The number of nitrogen functional groups attached to an aromatic ring is 1. The highest BCUT2D eigenvalue weighted by Crippen LogP contribution is 2.40. The Morgan fingerprint density at radius 1 is 0.418 bits per heavy atom. The third-order valence-corrected chi connectivity index (χ3v) is 22.4. The van der Waals surface area contributed by atoms with Gasteiger partial charge < -0.3 is 68.7 Å². The SMILES string of the molecule is COc1ccc(CN2Cc3nc(-c4c(F)cccc4F)cc(Cc4ccc(N5[C@H](C)COC[C@H]5C)cn4)c3C2=O)c(OC)c1.COc1ccc(CN2Cc3nc(-c4c(F)cccc4F)cc(Cl)c3C2=O)c(OC)c1.C[C@@H]1COC[C@@H](C)N1c1ccc(Cc2cc(-c3c(F)cccc3F)nc3c2C(=O)NC3)nc1.C[C@@H]1COC[C@@H](C)N1c1ccc(N)nc1. The topological polar surface area (TPSA) is 247 Å². The lowest BCUT2D eigenvalue weighted by molar-refractivity contribution is 0.0756. The van der Waals surface area contributed by atoms with Crippen LogP contribution in [-0.2, 0) is 59.8 Å². The summed E-state index contributed by atoms with van der Waals surface area (Å²) in [7, 11) is 6.22. The summed E-state index contributed by atoms with van der Waals surface area (Å²) in [6.45, 7) is 18.0. The average Bonchev–Trinajstić information content (AvgIpc) is 1.68. The molecule has 17 rings (SSSR count). The van der Waals surface area contributed by atoms with Gasteiger partial charge in [0, 0.05) is 83.7 Å². The highest BCUT2D eigenvalue weighted by Gasteiger charge is 2.37. The Balaban J connectivity index is 0.000000140. The van der Waals surface area contributed by atoms with Crippen LogP contribution in [-0.4, -0.2) is 162 Å². The van der Waals surface area contributed by atoms with Gasteiger partial charge in [0.05, 0.1) is 209 Å². The number of fused-ring (bicyclic) bond motifs is 3. The van der Waals surface area contributed by atoms with Crippen LogP contribution in [0.3, 0.4) is 0 Å². The molecule has 3 N–H and O–H groups in total. The Morgan fingerprint density at radius 3 is 1.15 bits per heavy atom. The standard InChI is InChI=1S/C34H34F2N4O4.C25H24F2N4O2.C22H17ClF2N2O3.C11H17N3O/c1-20-18-44-19-21(2)40(20)25-10-9-24(37-15-25)12-23-13-29(33-27(35)6-5-7-28(33)36)38-30-17-39(34(41)32(23)30)16-22-8-11-26(42-3)14-31(22)43-4;1-14-12-33-13-15(2)31(14)18-7-6-17(28-10-18)8-16-9-21(24-19(26)4-3-5-20(24)27)30-22-11-29-25(32)23(16)22;1-29-13-7-6-12(19(8-13)30-2)10-27-11-18-20(22(27)28)14(23)9-17(26-18)21-15(24)4-3-5-16(21)25;1-8-6-15-7-9(2)14(8)10-3-4-11(12)13-5-10/h5-11,13-15,20-21H,12,16-19H2,1-4H3;3-7,9-10,14-15H,8,11-13H2,1-2H3,(H,29,32);3-9H,10-11H2,1-2H3;3-5,8-9H,6-7H2,1-2H3,(H2,12,13)/t20-,21-;14-,15-;;8-,9-/m11.1/s1. The molecule has 23 nitrogen and oxygen atoms in total. The number of aromatic nitrogens is 6. The zero-order chi connectivity index (χ0) is 86.3. The summed E-state index contributed by atoms with van der Waals surface area (Å²) in [5.74, 6) is -2.08. The molecule has 3 fully saturated rings. The van der Waals surface area contributed by atoms with Gasteiger partial charge in [0.2, 0.25) is 0 Å². The molecular weight excluding hydrogens is 1600 g/mol. The molecule has 0 radical (unpaired) electrons. The van der Waals surface area contributed by atoms with Crippen molar-refractivity contribution < 1.29 is 73.9 Å². The minimum absolute atomic E-state index is 0.0472. The van der Waals surface area contributed by atoms with Crippen LogP contribution in [0.4, 0.5) is 49.2 Å². The second kappa shape index (κ2) is 37.7. The van der Waals surface area contributed by atoms with Crippen molar-refractivity contribution in [3.63, 3.8) is 0 Å². The fourth-order valence-electron chi connectivity index (χ4n) is 16.4. The average molecular weight is 1690 g/mol. The number of nitrogens with two attached hydrogens (primary N) is 1. The predicted molar refractivity (Wildman–Crippen MR) is 451 cm³/mol. The first-order valence-corrected chi connectivity index (χ1v) is 40.2. The summed E-state index contributed by atoms with van der Waals surface area (Å²) in [5, 5.41) is 2.86. The number of methoxy groups -OCH3 is 4. The zero-order valence-electron chi connectivity index (χ0n) is 69.0. The lowest BCUT2D eigenvalue weighted by Crippen LogP contribution is -2.49. The van der Waals surface area contributed by atoms with Gasteiger partial charge in [-0.1, -0.05) is 29.8 Å². The maximum atomic E-state index is 14.9. The molecule has 0 bridgehead atoms. The summed E-state index contributed by atoms with van der Waals surface area (Å²) < 4.78 is 125. The molecule has 3 saturated heterocycles. The Bertz CT molecular complexity index is 5600. The van der Waals surface area contributed by atoms with Crippen LogP contribution in [0.15, 0.2) is 164 Å². The number of anilines is 4. The number of hydrogen-bond donors (Lipinski definition) is 2. The highest BCUT2D eigenvalue weighted by atomic mass is 35.5. The molecule has 6 aromatic heterocycles. The number of benzene rings is 5. The van der Waals surface area contributed by atoms with E-state index < -0.39 is 34.9 Å². The fourth-order valence-corrected chi connectivity index (χ4v) is 16.7. The lowest BCUT2D eigenvalue weighted by Gasteiger charge is -2.40. The molecule has 11 aromatic rings. The molecule has 12 heterocycles. The fraction of sp³-hybridized carbons (Fsp3) is 0.315. The number of nitrogens with zero attached hydrogens (tertiary/aromatic N) is 11. The molecule has 122 heavy (non-hydrogen) atoms. The van der Waals surface area contributed by atoms with Gasteiger partial charge in [-0.2, -0.15) is 0 Å². The number of halogens is 7. The van der Waals surface area contributed by atoms with Crippen molar-refractivity contribution in [1.82, 2.24) is 45.0 Å². The van der Waals surface area contributed by atoms with Crippen LogP contribution < -0.4 is 44.7 Å². The van der Waals surface area contributed by atoms with Crippen molar-refractivity contribution in [2.24, 2.45) is 0 Å². The molecule has 0 spiro atoms. The Labute approximate surface area is 707 Å². The number of nitrogens with one attached hydrogen (secondary N) is 1. The second-order valence-corrected chi connectivity index (χ2v) is 31.1.